The van der Waals surface area contributed by atoms with Gasteiger partial charge in [0.1, 0.15) is 6.07 Å². The zero-order valence-electron chi connectivity index (χ0n) is 17.3. The fourth-order valence-electron chi connectivity index (χ4n) is 3.30. The van der Waals surface area contributed by atoms with Crippen LogP contribution in [0, 0.1) is 18.3 Å². The second kappa shape index (κ2) is 10.8. The van der Waals surface area contributed by atoms with Gasteiger partial charge in [-0.3, -0.25) is 0 Å². The van der Waals surface area contributed by atoms with Gasteiger partial charge in [0.25, 0.3) is 0 Å². The highest BCUT2D eigenvalue weighted by atomic mass is 79.9. The Bertz CT molecular complexity index is 1010. The summed E-state index contributed by atoms with van der Waals surface area (Å²) in [5, 5.41) is 16.2. The first kappa shape index (κ1) is 21.9. The number of hydrogen-bond donors (Lipinski definition) is 2. The van der Waals surface area contributed by atoms with Crippen molar-refractivity contribution in [3.63, 3.8) is 0 Å². The molecule has 1 atom stereocenters. The van der Waals surface area contributed by atoms with E-state index in [1.807, 2.05) is 30.3 Å². The maximum absolute atomic E-state index is 9.09. The average Bonchev–Trinajstić information content (AvgIpc) is 2.75. The van der Waals surface area contributed by atoms with E-state index in [1.165, 1.54) is 11.1 Å². The molecule has 3 aromatic carbocycles. The number of benzene rings is 3. The number of nitriles is 1. The molecule has 0 saturated heterocycles. The van der Waals surface area contributed by atoms with Gasteiger partial charge < -0.3 is 15.4 Å². The number of methoxy groups -OCH3 is 1. The lowest BCUT2D eigenvalue weighted by Crippen LogP contribution is -2.28. The van der Waals surface area contributed by atoms with Crippen molar-refractivity contribution in [1.82, 2.24) is 0 Å². The van der Waals surface area contributed by atoms with E-state index in [0.29, 0.717) is 18.7 Å². The number of nitrogens with zero attached hydrogens (tertiary/aromatic N) is 1. The maximum Gasteiger partial charge on any atom is 0.100 e. The molecule has 0 amide bonds. The molecule has 5 heteroatoms. The summed E-state index contributed by atoms with van der Waals surface area (Å²) in [6, 6.07) is 24.9. The molecule has 0 aliphatic carbocycles. The van der Waals surface area contributed by atoms with E-state index in [-0.39, 0.29) is 6.04 Å². The van der Waals surface area contributed by atoms with Gasteiger partial charge >= 0.3 is 0 Å². The molecule has 3 aromatic rings. The van der Waals surface area contributed by atoms with Crippen molar-refractivity contribution in [2.75, 3.05) is 24.4 Å². The van der Waals surface area contributed by atoms with Crippen LogP contribution in [0.25, 0.3) is 0 Å². The smallest absolute Gasteiger partial charge is 0.100 e. The van der Waals surface area contributed by atoms with E-state index in [2.05, 4.69) is 76.0 Å². The zero-order valence-corrected chi connectivity index (χ0v) is 18.9. The molecule has 4 nitrogen and oxygen atoms in total. The van der Waals surface area contributed by atoms with Crippen LogP contribution in [0.4, 0.5) is 11.4 Å². The molecule has 0 aromatic heterocycles. The van der Waals surface area contributed by atoms with Crippen LogP contribution in [0.15, 0.2) is 71.2 Å². The lowest BCUT2D eigenvalue weighted by Gasteiger charge is -2.22. The summed E-state index contributed by atoms with van der Waals surface area (Å²) in [6.45, 7) is 3.38. The number of hydrogen-bond acceptors (Lipinski definition) is 4. The molecule has 0 fully saturated rings. The highest BCUT2D eigenvalue weighted by Gasteiger charge is 2.12. The Labute approximate surface area is 187 Å². The Morgan fingerprint density at radius 1 is 1.00 bits per heavy atom. The van der Waals surface area contributed by atoms with Crippen LogP contribution in [0.2, 0.25) is 0 Å². The van der Waals surface area contributed by atoms with Gasteiger partial charge in [0.2, 0.25) is 0 Å². The highest BCUT2D eigenvalue weighted by Crippen LogP contribution is 2.24. The molecular weight excluding hydrogens is 438 g/mol. The maximum atomic E-state index is 9.09. The van der Waals surface area contributed by atoms with Crippen molar-refractivity contribution in [2.45, 2.75) is 25.9 Å². The molecule has 0 aliphatic heterocycles. The van der Waals surface area contributed by atoms with Crippen LogP contribution in [-0.4, -0.2) is 19.8 Å². The minimum absolute atomic E-state index is 0.157. The molecule has 0 unspecified atom stereocenters. The predicted octanol–water partition coefficient (Wildman–Crippen LogP) is 5.91. The van der Waals surface area contributed by atoms with Crippen LogP contribution in [-0.2, 0) is 17.7 Å². The van der Waals surface area contributed by atoms with Crippen molar-refractivity contribution >= 4 is 27.3 Å². The van der Waals surface area contributed by atoms with Gasteiger partial charge in [0.15, 0.2) is 0 Å². The van der Waals surface area contributed by atoms with Crippen molar-refractivity contribution in [2.24, 2.45) is 0 Å². The number of ether oxygens (including phenoxy) is 1. The van der Waals surface area contributed by atoms with E-state index in [0.717, 1.165) is 27.8 Å². The average molecular weight is 464 g/mol. The van der Waals surface area contributed by atoms with Crippen molar-refractivity contribution < 1.29 is 4.74 Å². The third-order valence-corrected chi connectivity index (χ3v) is 5.55. The van der Waals surface area contributed by atoms with Gasteiger partial charge in [-0.05, 0) is 64.7 Å². The van der Waals surface area contributed by atoms with Crippen LogP contribution < -0.4 is 10.6 Å². The number of rotatable bonds is 9. The minimum atomic E-state index is 0.157. The first-order valence-corrected chi connectivity index (χ1v) is 10.7. The molecule has 0 bridgehead atoms. The van der Waals surface area contributed by atoms with Gasteiger partial charge in [0, 0.05) is 18.1 Å². The van der Waals surface area contributed by atoms with Gasteiger partial charge in [-0.15, -0.1) is 0 Å². The molecule has 0 heterocycles. The molecule has 2 N–H and O–H groups in total. The molecule has 30 heavy (non-hydrogen) atoms. The molecule has 154 valence electrons. The van der Waals surface area contributed by atoms with E-state index in [1.54, 1.807) is 7.11 Å². The van der Waals surface area contributed by atoms with Crippen LogP contribution in [0.3, 0.4) is 0 Å². The number of aryl methyl sites for hydroxylation is 1. The Balaban J connectivity index is 1.70. The van der Waals surface area contributed by atoms with Gasteiger partial charge in [0.05, 0.1) is 29.6 Å². The highest BCUT2D eigenvalue weighted by molar-refractivity contribution is 9.10. The van der Waals surface area contributed by atoms with Gasteiger partial charge in [-0.1, -0.05) is 48.0 Å². The summed E-state index contributed by atoms with van der Waals surface area (Å²) in [5.74, 6) is 0. The Hall–Kier alpha value is -2.81. The largest absolute Gasteiger partial charge is 0.383 e. The quantitative estimate of drug-likeness (QED) is 0.413. The molecule has 0 spiro atoms. The molecular formula is C25H26BrN3O. The van der Waals surface area contributed by atoms with Crippen molar-refractivity contribution in [3.05, 3.63) is 93.5 Å². The third-order valence-electron chi connectivity index (χ3n) is 4.89. The summed E-state index contributed by atoms with van der Waals surface area (Å²) < 4.78 is 6.28. The van der Waals surface area contributed by atoms with Crippen molar-refractivity contribution in [3.8, 4) is 6.07 Å². The first-order valence-electron chi connectivity index (χ1n) is 9.91. The Kier molecular flexibility index (Phi) is 7.89. The number of nitrogens with one attached hydrogen (secondary N) is 2. The summed E-state index contributed by atoms with van der Waals surface area (Å²) in [5.41, 5.74) is 6.35. The summed E-state index contributed by atoms with van der Waals surface area (Å²) >= 11 is 3.46. The van der Waals surface area contributed by atoms with E-state index in [9.17, 15) is 0 Å². The lowest BCUT2D eigenvalue weighted by atomic mass is 10.0. The topological polar surface area (TPSA) is 57.1 Å². The van der Waals surface area contributed by atoms with Crippen LogP contribution in [0.5, 0.6) is 0 Å². The zero-order chi connectivity index (χ0) is 21.3. The number of halogens is 1. The van der Waals surface area contributed by atoms with Crippen LogP contribution >= 0.6 is 15.9 Å². The van der Waals surface area contributed by atoms with Gasteiger partial charge in [-0.25, -0.2) is 0 Å². The molecule has 0 saturated carbocycles. The third kappa shape index (κ3) is 6.09. The monoisotopic (exact) mass is 463 g/mol. The normalized spacial score (nSPS) is 11.5. The standard InChI is InChI=1S/C25H26BrN3O/c1-18-7-9-19(10-8-18)13-22(17-30-2)29-25-6-4-3-5-24(25)28-16-20-11-12-21(15-27)23(26)14-20/h3-12,14,22,28-29H,13,16-17H2,1-2H3/t22-/m0/s1. The fraction of sp³-hybridized carbons (Fsp3) is 0.240. The number of anilines is 2. The summed E-state index contributed by atoms with van der Waals surface area (Å²) in [6.07, 6.45) is 0.880. The summed E-state index contributed by atoms with van der Waals surface area (Å²) in [7, 11) is 1.73. The minimum Gasteiger partial charge on any atom is -0.383 e. The second-order valence-corrected chi connectivity index (χ2v) is 8.17. The van der Waals surface area contributed by atoms with E-state index < -0.39 is 0 Å². The first-order chi connectivity index (χ1) is 14.6. The Morgan fingerprint density at radius 3 is 2.37 bits per heavy atom. The molecule has 3 rings (SSSR count). The Morgan fingerprint density at radius 2 is 1.70 bits per heavy atom. The van der Waals surface area contributed by atoms with E-state index in [4.69, 9.17) is 10.00 Å². The molecule has 0 aliphatic rings. The van der Waals surface area contributed by atoms with E-state index >= 15 is 0 Å². The summed E-state index contributed by atoms with van der Waals surface area (Å²) in [4.78, 5) is 0. The predicted molar refractivity (Wildman–Crippen MR) is 127 cm³/mol. The van der Waals surface area contributed by atoms with Crippen molar-refractivity contribution in [1.29, 1.82) is 5.26 Å². The fourth-order valence-corrected chi connectivity index (χ4v) is 3.82. The number of para-hydroxylation sites is 2. The molecule has 0 radical (unpaired) electrons. The van der Waals surface area contributed by atoms with Gasteiger partial charge in [-0.2, -0.15) is 5.26 Å². The SMILES string of the molecule is COC[C@H](Cc1ccc(C)cc1)Nc1ccccc1NCc1ccc(C#N)c(Br)c1. The second-order valence-electron chi connectivity index (χ2n) is 7.31. The van der Waals surface area contributed by atoms with Crippen LogP contribution in [0.1, 0.15) is 22.3 Å². The lowest BCUT2D eigenvalue weighted by molar-refractivity contribution is 0.185.